The normalized spacial score (nSPS) is 19.8. The average Bonchev–Trinajstić information content (AvgIpc) is 3.50. The molecule has 3 aromatic rings. The van der Waals surface area contributed by atoms with E-state index in [4.69, 9.17) is 20.0 Å². The molecule has 190 valence electrons. The summed E-state index contributed by atoms with van der Waals surface area (Å²) in [6.45, 7) is 7.24. The number of ether oxygens (including phenoxy) is 1. The summed E-state index contributed by atoms with van der Waals surface area (Å²) in [6.07, 6.45) is 2.73. The number of fused-ring (bicyclic) bond motifs is 1. The van der Waals surface area contributed by atoms with Crippen LogP contribution in [0.4, 0.5) is 10.7 Å². The standard InChI is InChI=1S/C26H33N7O2S/c1-26(6-4-5-21-22(26)20(16-27)23(28)36-21)25-30-24(31-35-25)17-13-18(33-9-7-29-8-10-33)15-19(14-17)34-12-11-32(2)3/h13-15,29H,4-12,28H2,1-3H3. The van der Waals surface area contributed by atoms with E-state index >= 15 is 0 Å². The minimum atomic E-state index is -0.542. The van der Waals surface area contributed by atoms with Gasteiger partial charge in [-0.1, -0.05) is 5.16 Å². The van der Waals surface area contributed by atoms with Crippen molar-refractivity contribution in [1.29, 1.82) is 5.26 Å². The van der Waals surface area contributed by atoms with Crippen molar-refractivity contribution in [1.82, 2.24) is 20.4 Å². The highest BCUT2D eigenvalue weighted by atomic mass is 32.1. The SMILES string of the molecule is CN(C)CCOc1cc(-c2noc(C3(C)CCCc4sc(N)c(C#N)c43)n2)cc(N2CCNCC2)c1. The molecule has 0 saturated carbocycles. The Kier molecular flexibility index (Phi) is 6.88. The molecule has 36 heavy (non-hydrogen) atoms. The summed E-state index contributed by atoms with van der Waals surface area (Å²) in [5.41, 5.74) is 9.10. The fourth-order valence-corrected chi connectivity index (χ4v) is 6.31. The van der Waals surface area contributed by atoms with Crippen molar-refractivity contribution in [3.8, 4) is 23.2 Å². The van der Waals surface area contributed by atoms with E-state index in [1.54, 1.807) is 0 Å². The Bertz CT molecular complexity index is 1270. The van der Waals surface area contributed by atoms with Crippen LogP contribution in [0.2, 0.25) is 0 Å². The van der Waals surface area contributed by atoms with Gasteiger partial charge in [-0.2, -0.15) is 10.2 Å². The highest BCUT2D eigenvalue weighted by Gasteiger charge is 2.43. The van der Waals surface area contributed by atoms with Crippen molar-refractivity contribution in [3.05, 3.63) is 40.1 Å². The molecule has 1 atom stereocenters. The van der Waals surface area contributed by atoms with Crippen molar-refractivity contribution in [3.63, 3.8) is 0 Å². The Morgan fingerprint density at radius 1 is 1.31 bits per heavy atom. The van der Waals surface area contributed by atoms with Gasteiger partial charge in [-0.15, -0.1) is 11.3 Å². The van der Waals surface area contributed by atoms with E-state index in [0.717, 1.165) is 79.4 Å². The van der Waals surface area contributed by atoms with E-state index in [1.165, 1.54) is 11.3 Å². The molecule has 9 nitrogen and oxygen atoms in total. The molecule has 3 N–H and O–H groups in total. The topological polar surface area (TPSA) is 116 Å². The molecular weight excluding hydrogens is 474 g/mol. The molecule has 1 aromatic carbocycles. The number of thiophene rings is 1. The highest BCUT2D eigenvalue weighted by molar-refractivity contribution is 7.16. The zero-order valence-electron chi connectivity index (χ0n) is 21.1. The Morgan fingerprint density at radius 3 is 2.86 bits per heavy atom. The monoisotopic (exact) mass is 507 g/mol. The van der Waals surface area contributed by atoms with Crippen LogP contribution in [0.3, 0.4) is 0 Å². The van der Waals surface area contributed by atoms with Gasteiger partial charge in [0.05, 0.1) is 11.0 Å². The minimum Gasteiger partial charge on any atom is -0.492 e. The first-order valence-corrected chi connectivity index (χ1v) is 13.3. The minimum absolute atomic E-state index is 0.523. The molecule has 1 unspecified atom stereocenters. The lowest BCUT2D eigenvalue weighted by Gasteiger charge is -2.30. The number of aryl methyl sites for hydroxylation is 1. The molecular formula is C26H33N7O2S. The van der Waals surface area contributed by atoms with Gasteiger partial charge in [-0.25, -0.2) is 0 Å². The van der Waals surface area contributed by atoms with Crippen LogP contribution in [0.15, 0.2) is 22.7 Å². The van der Waals surface area contributed by atoms with E-state index in [9.17, 15) is 5.26 Å². The summed E-state index contributed by atoms with van der Waals surface area (Å²) in [5, 5.41) is 18.2. The van der Waals surface area contributed by atoms with Crippen molar-refractivity contribution in [2.75, 3.05) is 64.1 Å². The molecule has 10 heteroatoms. The van der Waals surface area contributed by atoms with Crippen molar-refractivity contribution in [2.24, 2.45) is 0 Å². The van der Waals surface area contributed by atoms with Crippen molar-refractivity contribution in [2.45, 2.75) is 31.6 Å². The van der Waals surface area contributed by atoms with Gasteiger partial charge in [-0.3, -0.25) is 0 Å². The van der Waals surface area contributed by atoms with E-state index in [1.807, 2.05) is 20.2 Å². The summed E-state index contributed by atoms with van der Waals surface area (Å²) in [7, 11) is 4.06. The molecule has 1 aliphatic heterocycles. The third-order valence-electron chi connectivity index (χ3n) is 7.09. The van der Waals surface area contributed by atoms with Gasteiger partial charge in [0.15, 0.2) is 0 Å². The van der Waals surface area contributed by atoms with E-state index < -0.39 is 5.41 Å². The predicted octanol–water partition coefficient (Wildman–Crippen LogP) is 3.24. The largest absolute Gasteiger partial charge is 0.492 e. The number of nitrogens with one attached hydrogen (secondary N) is 1. The van der Waals surface area contributed by atoms with Crippen LogP contribution >= 0.6 is 11.3 Å². The highest BCUT2D eigenvalue weighted by Crippen LogP contribution is 2.48. The number of piperazine rings is 1. The first-order valence-electron chi connectivity index (χ1n) is 12.4. The van der Waals surface area contributed by atoms with Crippen LogP contribution < -0.4 is 20.7 Å². The zero-order chi connectivity index (χ0) is 25.3. The zero-order valence-corrected chi connectivity index (χ0v) is 22.0. The number of nitrogens with two attached hydrogens (primary N) is 1. The Hall–Kier alpha value is -3.13. The summed E-state index contributed by atoms with van der Waals surface area (Å²) in [5.74, 6) is 1.84. The summed E-state index contributed by atoms with van der Waals surface area (Å²) in [6, 6.07) is 8.49. The van der Waals surface area contributed by atoms with Crippen LogP contribution in [0, 0.1) is 11.3 Å². The lowest BCUT2D eigenvalue weighted by molar-refractivity contribution is 0.261. The van der Waals surface area contributed by atoms with Crippen LogP contribution in [-0.4, -0.2) is 68.5 Å². The smallest absolute Gasteiger partial charge is 0.237 e. The first kappa shape index (κ1) is 24.6. The van der Waals surface area contributed by atoms with Crippen molar-refractivity contribution >= 4 is 22.0 Å². The number of hydrogen-bond acceptors (Lipinski definition) is 10. The number of hydrogen-bond donors (Lipinski definition) is 2. The second kappa shape index (κ2) is 10.1. The van der Waals surface area contributed by atoms with Crippen LogP contribution in [-0.2, 0) is 11.8 Å². The third-order valence-corrected chi connectivity index (χ3v) is 8.17. The van der Waals surface area contributed by atoms with Gasteiger partial charge in [0.25, 0.3) is 0 Å². The van der Waals surface area contributed by atoms with Crippen LogP contribution in [0.25, 0.3) is 11.4 Å². The van der Waals surface area contributed by atoms with E-state index in [2.05, 4.69) is 45.4 Å². The van der Waals surface area contributed by atoms with Gasteiger partial charge in [0.2, 0.25) is 11.7 Å². The van der Waals surface area contributed by atoms with Crippen LogP contribution in [0.5, 0.6) is 5.75 Å². The number of rotatable bonds is 7. The van der Waals surface area contributed by atoms with E-state index in [-0.39, 0.29) is 0 Å². The molecule has 0 amide bonds. The summed E-state index contributed by atoms with van der Waals surface area (Å²) < 4.78 is 12.0. The maximum absolute atomic E-state index is 9.80. The molecule has 1 aliphatic carbocycles. The molecule has 5 rings (SSSR count). The second-order valence-electron chi connectivity index (χ2n) is 9.96. The number of likely N-dealkylation sites (N-methyl/N-ethyl adjacent to an activating group) is 1. The quantitative estimate of drug-likeness (QED) is 0.497. The van der Waals surface area contributed by atoms with Crippen LogP contribution in [0.1, 0.15) is 41.7 Å². The maximum Gasteiger partial charge on any atom is 0.237 e. The molecule has 0 radical (unpaired) electrons. The van der Waals surface area contributed by atoms with Gasteiger partial charge < -0.3 is 30.1 Å². The molecule has 1 fully saturated rings. The fraction of sp³-hybridized carbons (Fsp3) is 0.500. The van der Waals surface area contributed by atoms with Crippen molar-refractivity contribution < 1.29 is 9.26 Å². The summed E-state index contributed by atoms with van der Waals surface area (Å²) >= 11 is 1.51. The molecule has 2 aliphatic rings. The lowest BCUT2D eigenvalue weighted by atomic mass is 9.72. The average molecular weight is 508 g/mol. The number of anilines is 2. The molecule has 2 aromatic heterocycles. The second-order valence-corrected chi connectivity index (χ2v) is 11.1. The molecule has 3 heterocycles. The van der Waals surface area contributed by atoms with Gasteiger partial charge in [0, 0.05) is 60.5 Å². The Labute approximate surface area is 215 Å². The first-order chi connectivity index (χ1) is 17.4. The molecule has 1 saturated heterocycles. The van der Waals surface area contributed by atoms with Gasteiger partial charge in [0.1, 0.15) is 23.4 Å². The molecule has 0 spiro atoms. The Morgan fingerprint density at radius 2 is 2.11 bits per heavy atom. The fourth-order valence-electron chi connectivity index (χ4n) is 5.12. The maximum atomic E-state index is 9.80. The number of nitrogens with zero attached hydrogens (tertiary/aromatic N) is 5. The number of aromatic nitrogens is 2. The molecule has 0 bridgehead atoms. The predicted molar refractivity (Wildman–Crippen MR) is 142 cm³/mol. The number of benzene rings is 1. The number of nitrogen functional groups attached to an aromatic ring is 1. The Balaban J connectivity index is 1.51. The van der Waals surface area contributed by atoms with Gasteiger partial charge in [-0.05, 0) is 52.4 Å². The number of nitriles is 1. The lowest BCUT2D eigenvalue weighted by Crippen LogP contribution is -2.43. The van der Waals surface area contributed by atoms with E-state index in [0.29, 0.717) is 28.9 Å². The van der Waals surface area contributed by atoms with Gasteiger partial charge >= 0.3 is 0 Å². The third kappa shape index (κ3) is 4.66. The summed E-state index contributed by atoms with van der Waals surface area (Å²) in [4.78, 5) is 10.5.